The van der Waals surface area contributed by atoms with Crippen LogP contribution in [0.25, 0.3) is 0 Å². The Morgan fingerprint density at radius 1 is 1.20 bits per heavy atom. The molecular formula is C22H36N2O5S. The molecular weight excluding hydrogens is 404 g/mol. The number of nitrogens with one attached hydrogen (secondary N) is 2. The molecule has 7 nitrogen and oxygen atoms in total. The predicted molar refractivity (Wildman–Crippen MR) is 117 cm³/mol. The number of benzene rings is 1. The molecule has 3 N–H and O–H groups in total. The first-order valence-electron chi connectivity index (χ1n) is 11.0. The summed E-state index contributed by atoms with van der Waals surface area (Å²) in [7, 11) is -3.23. The first-order chi connectivity index (χ1) is 14.4. The second-order valence-corrected chi connectivity index (χ2v) is 10.4. The van der Waals surface area contributed by atoms with Crippen molar-refractivity contribution in [3.8, 4) is 5.75 Å². The summed E-state index contributed by atoms with van der Waals surface area (Å²) in [6.45, 7) is 3.29. The molecule has 1 aliphatic carbocycles. The van der Waals surface area contributed by atoms with Crippen molar-refractivity contribution in [3.05, 3.63) is 29.8 Å². The van der Waals surface area contributed by atoms with Gasteiger partial charge in [-0.3, -0.25) is 0 Å². The van der Waals surface area contributed by atoms with E-state index in [2.05, 4.69) is 16.1 Å². The summed E-state index contributed by atoms with van der Waals surface area (Å²) in [5.41, 5.74) is 1.21. The Bertz CT molecular complexity index is 765. The molecule has 2 fully saturated rings. The molecule has 1 aliphatic heterocycles. The minimum absolute atomic E-state index is 0.000694. The SMILES string of the molecule is C[C@@H](CO)Oc1ccccc1C1CCC(OC[C@@H]2NCCC[C@@H]2NS(C)(=O)=O)CC1. The molecule has 1 aromatic carbocycles. The minimum atomic E-state index is -3.23. The Balaban J connectivity index is 1.50. The average Bonchev–Trinajstić information content (AvgIpc) is 2.73. The highest BCUT2D eigenvalue weighted by Crippen LogP contribution is 2.38. The van der Waals surface area contributed by atoms with Crippen LogP contribution in [0.15, 0.2) is 24.3 Å². The number of aliphatic hydroxyl groups excluding tert-OH is 1. The summed E-state index contributed by atoms with van der Waals surface area (Å²) >= 11 is 0. The van der Waals surface area contributed by atoms with Gasteiger partial charge in [-0.25, -0.2) is 13.1 Å². The van der Waals surface area contributed by atoms with E-state index >= 15 is 0 Å². The number of sulfonamides is 1. The smallest absolute Gasteiger partial charge is 0.209 e. The van der Waals surface area contributed by atoms with Crippen LogP contribution < -0.4 is 14.8 Å². The topological polar surface area (TPSA) is 96.9 Å². The lowest BCUT2D eigenvalue weighted by atomic mass is 9.82. The highest BCUT2D eigenvalue weighted by atomic mass is 32.2. The number of piperidine rings is 1. The zero-order chi connectivity index (χ0) is 21.6. The Hall–Kier alpha value is -1.19. The zero-order valence-electron chi connectivity index (χ0n) is 18.0. The van der Waals surface area contributed by atoms with E-state index < -0.39 is 10.0 Å². The third-order valence-corrected chi connectivity index (χ3v) is 6.81. The van der Waals surface area contributed by atoms with Crippen molar-refractivity contribution < 1.29 is 23.0 Å². The van der Waals surface area contributed by atoms with Gasteiger partial charge in [-0.05, 0) is 69.5 Å². The lowest BCUT2D eigenvalue weighted by Crippen LogP contribution is -2.55. The summed E-state index contributed by atoms with van der Waals surface area (Å²) < 4.78 is 38.1. The lowest BCUT2D eigenvalue weighted by Gasteiger charge is -2.35. The van der Waals surface area contributed by atoms with Gasteiger partial charge in [0.05, 0.1) is 25.6 Å². The van der Waals surface area contributed by atoms with E-state index in [1.165, 1.54) is 11.8 Å². The fourth-order valence-corrected chi connectivity index (χ4v) is 5.34. The van der Waals surface area contributed by atoms with Gasteiger partial charge in [0.15, 0.2) is 0 Å². The van der Waals surface area contributed by atoms with Gasteiger partial charge >= 0.3 is 0 Å². The van der Waals surface area contributed by atoms with Crippen LogP contribution in [0.1, 0.15) is 56.9 Å². The largest absolute Gasteiger partial charge is 0.488 e. The van der Waals surface area contributed by atoms with Crippen molar-refractivity contribution in [2.24, 2.45) is 0 Å². The number of hydrogen-bond donors (Lipinski definition) is 3. The summed E-state index contributed by atoms with van der Waals surface area (Å²) in [4.78, 5) is 0. The van der Waals surface area contributed by atoms with E-state index in [0.717, 1.165) is 50.8 Å². The number of aliphatic hydroxyl groups is 1. The van der Waals surface area contributed by atoms with Gasteiger partial charge in [0.2, 0.25) is 10.0 Å². The highest BCUT2D eigenvalue weighted by molar-refractivity contribution is 7.88. The molecule has 30 heavy (non-hydrogen) atoms. The molecule has 3 atom stereocenters. The molecule has 0 amide bonds. The number of hydrogen-bond acceptors (Lipinski definition) is 6. The summed E-state index contributed by atoms with van der Waals surface area (Å²) in [6.07, 6.45) is 7.01. The van der Waals surface area contributed by atoms with Gasteiger partial charge in [-0.2, -0.15) is 0 Å². The number of rotatable bonds is 9. The van der Waals surface area contributed by atoms with Crippen LogP contribution in [-0.2, 0) is 14.8 Å². The molecule has 1 heterocycles. The molecule has 0 spiro atoms. The summed E-state index contributed by atoms with van der Waals surface area (Å²) in [6, 6.07) is 8.02. The molecule has 170 valence electrons. The third-order valence-electron chi connectivity index (χ3n) is 6.08. The van der Waals surface area contributed by atoms with Crippen molar-refractivity contribution in [2.45, 2.75) is 75.7 Å². The van der Waals surface area contributed by atoms with Crippen LogP contribution in [0, 0.1) is 0 Å². The van der Waals surface area contributed by atoms with E-state index in [1.807, 2.05) is 25.1 Å². The first-order valence-corrected chi connectivity index (χ1v) is 12.9. The van der Waals surface area contributed by atoms with Crippen molar-refractivity contribution in [1.82, 2.24) is 10.0 Å². The van der Waals surface area contributed by atoms with Crippen LogP contribution >= 0.6 is 0 Å². The van der Waals surface area contributed by atoms with E-state index in [9.17, 15) is 13.5 Å². The fourth-order valence-electron chi connectivity index (χ4n) is 4.50. The summed E-state index contributed by atoms with van der Waals surface area (Å²) in [5.74, 6) is 1.30. The van der Waals surface area contributed by atoms with Gasteiger partial charge in [-0.15, -0.1) is 0 Å². The van der Waals surface area contributed by atoms with Crippen LogP contribution in [0.2, 0.25) is 0 Å². The second-order valence-electron chi connectivity index (χ2n) is 8.66. The van der Waals surface area contributed by atoms with Crippen molar-refractivity contribution in [2.75, 3.05) is 26.0 Å². The standard InChI is InChI=1S/C22H36N2O5S/c1-16(14-25)29-22-8-4-3-6-19(22)17-9-11-18(12-10-17)28-15-21-20(7-5-13-23-21)24-30(2,26)27/h3-4,6,8,16-18,20-21,23-25H,5,7,9-15H2,1-2H3/t16-,17?,18?,20-,21-/m0/s1. The Morgan fingerprint density at radius 3 is 2.63 bits per heavy atom. The number of para-hydroxylation sites is 1. The van der Waals surface area contributed by atoms with Crippen molar-refractivity contribution >= 4 is 10.0 Å². The maximum Gasteiger partial charge on any atom is 0.209 e. The van der Waals surface area contributed by atoms with E-state index in [4.69, 9.17) is 9.47 Å². The second kappa shape index (κ2) is 10.9. The van der Waals surface area contributed by atoms with E-state index in [1.54, 1.807) is 0 Å². The summed E-state index contributed by atoms with van der Waals surface area (Å²) in [5, 5.41) is 12.7. The van der Waals surface area contributed by atoms with Crippen LogP contribution in [0.5, 0.6) is 5.75 Å². The molecule has 1 saturated carbocycles. The van der Waals surface area contributed by atoms with Gasteiger partial charge in [-0.1, -0.05) is 18.2 Å². The quantitative estimate of drug-likeness (QED) is 0.545. The molecule has 8 heteroatoms. The molecule has 1 aromatic rings. The Labute approximate surface area is 180 Å². The third kappa shape index (κ3) is 6.92. The van der Waals surface area contributed by atoms with E-state index in [-0.39, 0.29) is 30.9 Å². The Kier molecular flexibility index (Phi) is 8.53. The normalized spacial score (nSPS) is 28.8. The molecule has 0 unspecified atom stereocenters. The maximum absolute atomic E-state index is 11.6. The molecule has 1 saturated heterocycles. The molecule has 0 aromatic heterocycles. The van der Waals surface area contributed by atoms with Crippen molar-refractivity contribution in [1.29, 1.82) is 0 Å². The molecule has 0 bridgehead atoms. The Morgan fingerprint density at radius 2 is 1.93 bits per heavy atom. The maximum atomic E-state index is 11.6. The van der Waals surface area contributed by atoms with Crippen LogP contribution in [-0.4, -0.2) is 63.8 Å². The highest BCUT2D eigenvalue weighted by Gasteiger charge is 2.30. The first kappa shape index (κ1) is 23.5. The zero-order valence-corrected chi connectivity index (χ0v) is 18.9. The molecule has 2 aliphatic rings. The number of ether oxygens (including phenoxy) is 2. The average molecular weight is 441 g/mol. The monoisotopic (exact) mass is 440 g/mol. The van der Waals surface area contributed by atoms with Crippen LogP contribution in [0.3, 0.4) is 0 Å². The minimum Gasteiger partial charge on any atom is -0.488 e. The van der Waals surface area contributed by atoms with E-state index in [0.29, 0.717) is 12.5 Å². The predicted octanol–water partition coefficient (Wildman–Crippen LogP) is 2.16. The van der Waals surface area contributed by atoms with Gasteiger partial charge in [0, 0.05) is 12.1 Å². The fraction of sp³-hybridized carbons (Fsp3) is 0.727. The van der Waals surface area contributed by atoms with Gasteiger partial charge < -0.3 is 19.9 Å². The van der Waals surface area contributed by atoms with Crippen molar-refractivity contribution in [3.63, 3.8) is 0 Å². The van der Waals surface area contributed by atoms with Gasteiger partial charge in [0.1, 0.15) is 11.9 Å². The molecule has 3 rings (SSSR count). The molecule has 0 radical (unpaired) electrons. The lowest BCUT2D eigenvalue weighted by molar-refractivity contribution is 0.00501. The van der Waals surface area contributed by atoms with Gasteiger partial charge in [0.25, 0.3) is 0 Å². The van der Waals surface area contributed by atoms with Crippen LogP contribution in [0.4, 0.5) is 0 Å².